The molecule has 1 aromatic heterocycles. The van der Waals surface area contributed by atoms with Gasteiger partial charge >= 0.3 is 0 Å². The molecule has 1 aliphatic carbocycles. The Labute approximate surface area is 191 Å². The second-order valence-corrected chi connectivity index (χ2v) is 9.38. The summed E-state index contributed by atoms with van der Waals surface area (Å²) in [5.74, 6) is -0.669. The van der Waals surface area contributed by atoms with E-state index in [2.05, 4.69) is 65.6 Å². The summed E-state index contributed by atoms with van der Waals surface area (Å²) >= 11 is 0. The van der Waals surface area contributed by atoms with Crippen molar-refractivity contribution in [1.82, 2.24) is 19.8 Å². The molecule has 3 aromatic rings. The van der Waals surface area contributed by atoms with Crippen LogP contribution in [-0.2, 0) is 12.8 Å². The van der Waals surface area contributed by atoms with Gasteiger partial charge in [0.1, 0.15) is 6.17 Å². The van der Waals surface area contributed by atoms with Gasteiger partial charge in [-0.2, -0.15) is 10.1 Å². The summed E-state index contributed by atoms with van der Waals surface area (Å²) in [5, 5.41) is 19.0. The maximum absolute atomic E-state index is 13.5. The molecule has 0 saturated carbocycles. The highest BCUT2D eigenvalue weighted by Crippen LogP contribution is 2.46. The first-order valence-electron chi connectivity index (χ1n) is 11.6. The number of rotatable bonds is 1. The van der Waals surface area contributed by atoms with E-state index in [0.29, 0.717) is 19.0 Å². The van der Waals surface area contributed by atoms with Crippen LogP contribution < -0.4 is 5.43 Å². The smallest absolute Gasteiger partial charge is 0.290 e. The van der Waals surface area contributed by atoms with Crippen molar-refractivity contribution in [2.24, 2.45) is 5.92 Å². The molecule has 3 aliphatic rings. The molecule has 33 heavy (non-hydrogen) atoms. The summed E-state index contributed by atoms with van der Waals surface area (Å²) < 4.78 is 1.59. The summed E-state index contributed by atoms with van der Waals surface area (Å²) in [6, 6.07) is 16.9. The molecule has 7 heteroatoms. The van der Waals surface area contributed by atoms with Crippen LogP contribution in [0, 0.1) is 5.92 Å². The monoisotopic (exact) mass is 442 g/mol. The van der Waals surface area contributed by atoms with Gasteiger partial charge in [-0.15, -0.1) is 0 Å². The molecular weight excluding hydrogens is 416 g/mol. The number of amides is 1. The van der Waals surface area contributed by atoms with E-state index in [1.165, 1.54) is 22.3 Å². The topological polar surface area (TPSA) is 78.7 Å². The first-order chi connectivity index (χ1) is 16.0. The Hall–Kier alpha value is -3.45. The van der Waals surface area contributed by atoms with E-state index in [1.807, 2.05) is 0 Å². The lowest BCUT2D eigenvalue weighted by atomic mass is 9.84. The lowest BCUT2D eigenvalue weighted by molar-refractivity contribution is -0.114. The Balaban J connectivity index is 1.65. The number of aryl methyl sites for hydroxylation is 2. The number of hydrazine groups is 1. The normalized spacial score (nSPS) is 22.7. The predicted octanol–water partition coefficient (Wildman–Crippen LogP) is 3.09. The van der Waals surface area contributed by atoms with Crippen molar-refractivity contribution in [3.63, 3.8) is 0 Å². The Morgan fingerprint density at radius 2 is 1.61 bits per heavy atom. The van der Waals surface area contributed by atoms with E-state index in [1.54, 1.807) is 9.69 Å². The molecule has 0 radical (unpaired) electrons. The van der Waals surface area contributed by atoms with Crippen LogP contribution in [0.3, 0.4) is 0 Å². The number of aromatic hydroxyl groups is 1. The summed E-state index contributed by atoms with van der Waals surface area (Å²) in [5.41, 5.74) is 4.31. The highest BCUT2D eigenvalue weighted by molar-refractivity contribution is 5.95. The highest BCUT2D eigenvalue weighted by atomic mass is 16.3. The van der Waals surface area contributed by atoms with Crippen molar-refractivity contribution in [3.8, 4) is 5.75 Å². The SMILES string of the molecule is C[C@@H]1CCN2[C@H](C3c4ccccc4CCc4ccccc43)n3ncc(=O)c(O)c3C(=O)N2C1. The molecule has 6 rings (SSSR count). The van der Waals surface area contributed by atoms with Crippen molar-refractivity contribution < 1.29 is 9.90 Å². The molecule has 2 aliphatic heterocycles. The number of carbonyl (C=O) groups is 1. The summed E-state index contributed by atoms with van der Waals surface area (Å²) in [6.45, 7) is 3.38. The largest absolute Gasteiger partial charge is 0.502 e. The van der Waals surface area contributed by atoms with Crippen LogP contribution in [0.5, 0.6) is 5.75 Å². The molecule has 0 bridgehead atoms. The second-order valence-electron chi connectivity index (χ2n) is 9.38. The third kappa shape index (κ3) is 3.03. The molecule has 1 amide bonds. The van der Waals surface area contributed by atoms with Crippen LogP contribution in [-0.4, -0.2) is 43.9 Å². The second kappa shape index (κ2) is 7.56. The minimum absolute atomic E-state index is 0.0166. The Bertz CT molecular complexity index is 1270. The lowest BCUT2D eigenvalue weighted by Gasteiger charge is -2.51. The average Bonchev–Trinajstić information content (AvgIpc) is 2.99. The van der Waals surface area contributed by atoms with Gasteiger partial charge in [0.25, 0.3) is 5.91 Å². The van der Waals surface area contributed by atoms with Crippen LogP contribution in [0.25, 0.3) is 0 Å². The fourth-order valence-corrected chi connectivity index (χ4v) is 5.75. The van der Waals surface area contributed by atoms with Gasteiger partial charge in [-0.05, 0) is 47.4 Å². The maximum Gasteiger partial charge on any atom is 0.290 e. The number of hydrogen-bond acceptors (Lipinski definition) is 5. The van der Waals surface area contributed by atoms with Crippen molar-refractivity contribution in [2.75, 3.05) is 13.1 Å². The van der Waals surface area contributed by atoms with Crippen LogP contribution in [0.15, 0.2) is 59.5 Å². The Morgan fingerprint density at radius 1 is 0.970 bits per heavy atom. The quantitative estimate of drug-likeness (QED) is 0.627. The predicted molar refractivity (Wildman–Crippen MR) is 123 cm³/mol. The van der Waals surface area contributed by atoms with Gasteiger partial charge in [0.05, 0.1) is 6.20 Å². The van der Waals surface area contributed by atoms with E-state index >= 15 is 0 Å². The van der Waals surface area contributed by atoms with Gasteiger partial charge in [0.15, 0.2) is 11.4 Å². The minimum atomic E-state index is -0.631. The maximum atomic E-state index is 13.5. The molecule has 1 N–H and O–H groups in total. The number of fused-ring (bicyclic) bond motifs is 4. The molecule has 2 atom stereocenters. The van der Waals surface area contributed by atoms with E-state index in [9.17, 15) is 14.7 Å². The molecule has 2 aromatic carbocycles. The zero-order chi connectivity index (χ0) is 22.7. The third-order valence-corrected chi connectivity index (χ3v) is 7.37. The summed E-state index contributed by atoms with van der Waals surface area (Å²) in [4.78, 5) is 25.8. The van der Waals surface area contributed by atoms with Gasteiger partial charge in [-0.25, -0.2) is 4.68 Å². The number of benzene rings is 2. The molecule has 7 nitrogen and oxygen atoms in total. The number of aromatic nitrogens is 2. The van der Waals surface area contributed by atoms with Crippen molar-refractivity contribution in [2.45, 2.75) is 38.3 Å². The summed E-state index contributed by atoms with van der Waals surface area (Å²) in [7, 11) is 0. The molecule has 1 saturated heterocycles. The van der Waals surface area contributed by atoms with Gasteiger partial charge in [0.2, 0.25) is 5.43 Å². The van der Waals surface area contributed by atoms with Crippen LogP contribution >= 0.6 is 0 Å². The first-order valence-corrected chi connectivity index (χ1v) is 11.6. The van der Waals surface area contributed by atoms with E-state index in [-0.39, 0.29) is 23.7 Å². The van der Waals surface area contributed by atoms with Crippen LogP contribution in [0.4, 0.5) is 0 Å². The zero-order valence-electron chi connectivity index (χ0n) is 18.5. The Morgan fingerprint density at radius 3 is 2.27 bits per heavy atom. The van der Waals surface area contributed by atoms with Crippen LogP contribution in [0.2, 0.25) is 0 Å². The molecule has 168 valence electrons. The summed E-state index contributed by atoms with van der Waals surface area (Å²) in [6.07, 6.45) is 3.57. The molecule has 3 heterocycles. The first kappa shape index (κ1) is 20.2. The molecule has 0 unspecified atom stereocenters. The van der Waals surface area contributed by atoms with Gasteiger partial charge in [-0.3, -0.25) is 14.6 Å². The standard InChI is InChI=1S/C26H26N4O3/c1-16-12-13-28-25(30-23(26(33)29(28)15-16)24(32)21(31)14-27-30)22-19-8-4-2-6-17(19)10-11-18-7-3-5-9-20(18)22/h2-9,14,16,22,25,32H,10-13,15H2,1H3/t16-,25+/m1/s1. The van der Waals surface area contributed by atoms with Crippen molar-refractivity contribution in [1.29, 1.82) is 0 Å². The number of carbonyl (C=O) groups excluding carboxylic acids is 1. The fraction of sp³-hybridized carbons (Fsp3) is 0.346. The third-order valence-electron chi connectivity index (χ3n) is 7.37. The molecule has 0 spiro atoms. The Kier molecular flexibility index (Phi) is 4.62. The zero-order valence-corrected chi connectivity index (χ0v) is 18.5. The average molecular weight is 443 g/mol. The molecule has 1 fully saturated rings. The lowest BCUT2D eigenvalue weighted by Crippen LogP contribution is -2.61. The fourth-order valence-electron chi connectivity index (χ4n) is 5.75. The van der Waals surface area contributed by atoms with Crippen LogP contribution in [0.1, 0.15) is 58.2 Å². The number of nitrogens with zero attached hydrogens (tertiary/aromatic N) is 4. The van der Waals surface area contributed by atoms with Crippen molar-refractivity contribution in [3.05, 3.63) is 92.9 Å². The van der Waals surface area contributed by atoms with Crippen molar-refractivity contribution >= 4 is 5.91 Å². The minimum Gasteiger partial charge on any atom is -0.502 e. The van der Waals surface area contributed by atoms with Gasteiger partial charge in [-0.1, -0.05) is 55.5 Å². The van der Waals surface area contributed by atoms with E-state index in [4.69, 9.17) is 0 Å². The van der Waals surface area contributed by atoms with E-state index < -0.39 is 11.2 Å². The highest BCUT2D eigenvalue weighted by Gasteiger charge is 2.47. The van der Waals surface area contributed by atoms with Gasteiger partial charge < -0.3 is 5.11 Å². The van der Waals surface area contributed by atoms with Gasteiger partial charge in [0, 0.05) is 19.0 Å². The number of hydrogen-bond donors (Lipinski definition) is 1. The molecular formula is C26H26N4O3. The van der Waals surface area contributed by atoms with E-state index in [0.717, 1.165) is 25.5 Å².